The first-order valence-electron chi connectivity index (χ1n) is 7.05. The number of hydrogen-bond acceptors (Lipinski definition) is 2. The van der Waals surface area contributed by atoms with Crippen LogP contribution in [0.15, 0.2) is 48.5 Å². The summed E-state index contributed by atoms with van der Waals surface area (Å²) in [5, 5.41) is -0.0128. The minimum atomic E-state index is -2.70. The zero-order valence-corrected chi connectivity index (χ0v) is 13.9. The van der Waals surface area contributed by atoms with Gasteiger partial charge >= 0.3 is 0 Å². The molecule has 0 N–H and O–H groups in total. The van der Waals surface area contributed by atoms with Gasteiger partial charge in [0.1, 0.15) is 10.8 Å². The highest BCUT2D eigenvalue weighted by molar-refractivity contribution is 7.26. The van der Waals surface area contributed by atoms with E-state index in [1.807, 2.05) is 75.5 Å². The van der Waals surface area contributed by atoms with Crippen LogP contribution in [-0.4, -0.2) is 18.9 Å². The molecule has 0 radical (unpaired) electrons. The Morgan fingerprint density at radius 1 is 0.667 bits per heavy atom. The van der Waals surface area contributed by atoms with Gasteiger partial charge in [0.25, 0.3) is 0 Å². The summed E-state index contributed by atoms with van der Waals surface area (Å²) in [6.45, 7) is 7.62. The van der Waals surface area contributed by atoms with E-state index in [1.54, 1.807) is 0 Å². The fraction of sp³-hybridized carbons (Fsp3) is 0.222. The van der Waals surface area contributed by atoms with E-state index in [4.69, 9.17) is 0 Å². The molecule has 0 aliphatic rings. The van der Waals surface area contributed by atoms with Gasteiger partial charge in [-0.25, -0.2) is 0 Å². The van der Waals surface area contributed by atoms with Crippen LogP contribution < -0.4 is 0 Å². The molecule has 0 aromatic heterocycles. The average Bonchev–Trinajstić information content (AvgIpc) is 2.47. The van der Waals surface area contributed by atoms with Gasteiger partial charge in [-0.05, 0) is 13.8 Å². The average molecular weight is 296 g/mol. The number of benzene rings is 2. The first-order chi connectivity index (χ1) is 9.82. The summed E-state index contributed by atoms with van der Waals surface area (Å²) in [6.07, 6.45) is 0. The first kappa shape index (κ1) is 15.4. The van der Waals surface area contributed by atoms with Gasteiger partial charge in [-0.3, -0.25) is 9.59 Å². The van der Waals surface area contributed by atoms with Crippen LogP contribution in [0.4, 0.5) is 0 Å². The van der Waals surface area contributed by atoms with Crippen molar-refractivity contribution in [3.05, 3.63) is 70.8 Å². The molecule has 2 aromatic carbocycles. The number of aryl methyl sites for hydroxylation is 2. The maximum atomic E-state index is 12.7. The molecule has 0 aliphatic heterocycles. The van der Waals surface area contributed by atoms with Gasteiger partial charge in [0, 0.05) is 11.1 Å². The van der Waals surface area contributed by atoms with Crippen molar-refractivity contribution in [1.29, 1.82) is 0 Å². The lowest BCUT2D eigenvalue weighted by Crippen LogP contribution is -2.46. The van der Waals surface area contributed by atoms with E-state index in [-0.39, 0.29) is 10.8 Å². The first-order valence-corrected chi connectivity index (χ1v) is 10.1. The summed E-state index contributed by atoms with van der Waals surface area (Å²) in [5.74, 6) is 0. The Labute approximate surface area is 126 Å². The standard InChI is InChI=1S/C18H20O2Si/c1-13-5-9-15(10-6-13)17(19)21(3,4)18(20)16-11-7-14(2)8-12-16/h5-12H,1-4H3. The molecule has 0 heterocycles. The zero-order valence-electron chi connectivity index (χ0n) is 12.9. The number of rotatable bonds is 4. The lowest BCUT2D eigenvalue weighted by Gasteiger charge is -2.19. The molecular weight excluding hydrogens is 276 g/mol. The van der Waals surface area contributed by atoms with E-state index in [9.17, 15) is 9.59 Å². The third kappa shape index (κ3) is 3.19. The van der Waals surface area contributed by atoms with E-state index in [2.05, 4.69) is 0 Å². The number of carbonyl (C=O) groups excluding carboxylic acids is 2. The predicted octanol–water partition coefficient (Wildman–Crippen LogP) is 4.16. The molecule has 0 saturated carbocycles. The molecular formula is C18H20O2Si. The second kappa shape index (κ2) is 5.78. The molecule has 0 bridgehead atoms. The highest BCUT2D eigenvalue weighted by Crippen LogP contribution is 2.19. The van der Waals surface area contributed by atoms with Gasteiger partial charge in [-0.2, -0.15) is 0 Å². The van der Waals surface area contributed by atoms with Gasteiger partial charge in [0.05, 0.1) is 0 Å². The summed E-state index contributed by atoms with van der Waals surface area (Å²) < 4.78 is 0. The molecule has 0 aliphatic carbocycles. The van der Waals surface area contributed by atoms with Crippen molar-refractivity contribution in [2.75, 3.05) is 0 Å². The lowest BCUT2D eigenvalue weighted by molar-refractivity contribution is 0.102. The van der Waals surface area contributed by atoms with Crippen LogP contribution in [0.5, 0.6) is 0 Å². The number of carbonyl (C=O) groups is 2. The van der Waals surface area contributed by atoms with Crippen molar-refractivity contribution in [1.82, 2.24) is 0 Å². The van der Waals surface area contributed by atoms with Crippen LogP contribution in [0.1, 0.15) is 31.8 Å². The molecule has 108 valence electrons. The molecule has 0 spiro atoms. The Bertz CT molecular complexity index is 608. The number of hydrogen-bond donors (Lipinski definition) is 0. The second-order valence-corrected chi connectivity index (χ2v) is 10.2. The SMILES string of the molecule is Cc1ccc(C(=O)[Si](C)(C)C(=O)c2ccc(C)cc2)cc1. The van der Waals surface area contributed by atoms with Crippen LogP contribution in [-0.2, 0) is 0 Å². The summed E-state index contributed by atoms with van der Waals surface area (Å²) in [5.41, 5.74) is 3.49. The third-order valence-electron chi connectivity index (χ3n) is 3.76. The van der Waals surface area contributed by atoms with E-state index in [0.717, 1.165) is 11.1 Å². The molecule has 0 atom stereocenters. The van der Waals surface area contributed by atoms with Gasteiger partial charge in [0.2, 0.25) is 8.07 Å². The molecule has 2 rings (SSSR count). The van der Waals surface area contributed by atoms with Crippen LogP contribution >= 0.6 is 0 Å². The summed E-state index contributed by atoms with van der Waals surface area (Å²) in [7, 11) is -2.70. The van der Waals surface area contributed by atoms with Crippen LogP contribution in [0.25, 0.3) is 0 Å². The summed E-state index contributed by atoms with van der Waals surface area (Å²) in [4.78, 5) is 25.4. The van der Waals surface area contributed by atoms with Crippen LogP contribution in [0.3, 0.4) is 0 Å². The molecule has 0 fully saturated rings. The Hall–Kier alpha value is -2.00. The van der Waals surface area contributed by atoms with Crippen LogP contribution in [0.2, 0.25) is 13.1 Å². The van der Waals surface area contributed by atoms with Gasteiger partial charge in [-0.1, -0.05) is 72.8 Å². The van der Waals surface area contributed by atoms with E-state index in [0.29, 0.717) is 11.1 Å². The fourth-order valence-electron chi connectivity index (χ4n) is 2.23. The van der Waals surface area contributed by atoms with Gasteiger partial charge in [-0.15, -0.1) is 0 Å². The van der Waals surface area contributed by atoms with Gasteiger partial charge < -0.3 is 0 Å². The quantitative estimate of drug-likeness (QED) is 0.794. The van der Waals surface area contributed by atoms with Gasteiger partial charge in [0.15, 0.2) is 0 Å². The van der Waals surface area contributed by atoms with Crippen molar-refractivity contribution in [2.45, 2.75) is 26.9 Å². The normalized spacial score (nSPS) is 11.2. The summed E-state index contributed by atoms with van der Waals surface area (Å²) >= 11 is 0. The largest absolute Gasteiger partial charge is 0.299 e. The van der Waals surface area contributed by atoms with Crippen molar-refractivity contribution >= 4 is 18.9 Å². The monoisotopic (exact) mass is 296 g/mol. The molecule has 2 aromatic rings. The molecule has 3 heteroatoms. The molecule has 0 amide bonds. The minimum Gasteiger partial charge on any atom is -0.299 e. The Morgan fingerprint density at radius 3 is 1.24 bits per heavy atom. The van der Waals surface area contributed by atoms with Crippen LogP contribution in [0, 0.1) is 13.8 Å². The molecule has 21 heavy (non-hydrogen) atoms. The highest BCUT2D eigenvalue weighted by Gasteiger charge is 2.40. The molecule has 0 saturated heterocycles. The minimum absolute atomic E-state index is 0.00641. The Morgan fingerprint density at radius 2 is 0.952 bits per heavy atom. The predicted molar refractivity (Wildman–Crippen MR) is 88.5 cm³/mol. The Kier molecular flexibility index (Phi) is 4.23. The maximum Gasteiger partial charge on any atom is 0.214 e. The topological polar surface area (TPSA) is 34.1 Å². The van der Waals surface area contributed by atoms with E-state index in [1.165, 1.54) is 0 Å². The van der Waals surface area contributed by atoms with E-state index >= 15 is 0 Å². The molecule has 2 nitrogen and oxygen atoms in total. The van der Waals surface area contributed by atoms with Crippen molar-refractivity contribution in [3.63, 3.8) is 0 Å². The van der Waals surface area contributed by atoms with Crippen molar-refractivity contribution in [2.24, 2.45) is 0 Å². The lowest BCUT2D eigenvalue weighted by atomic mass is 10.2. The third-order valence-corrected chi connectivity index (χ3v) is 6.61. The fourth-order valence-corrected chi connectivity index (χ4v) is 4.22. The Balaban J connectivity index is 2.32. The maximum absolute atomic E-state index is 12.7. The van der Waals surface area contributed by atoms with Crippen molar-refractivity contribution < 1.29 is 9.59 Å². The highest BCUT2D eigenvalue weighted by atomic mass is 28.3. The summed E-state index contributed by atoms with van der Waals surface area (Å²) in [6, 6.07) is 14.9. The smallest absolute Gasteiger partial charge is 0.214 e. The van der Waals surface area contributed by atoms with Crippen molar-refractivity contribution in [3.8, 4) is 0 Å². The second-order valence-electron chi connectivity index (χ2n) is 6.02. The van der Waals surface area contributed by atoms with E-state index < -0.39 is 8.07 Å². The zero-order chi connectivity index (χ0) is 15.6. The molecule has 0 unspecified atom stereocenters.